The van der Waals surface area contributed by atoms with Gasteiger partial charge >= 0.3 is 0 Å². The van der Waals surface area contributed by atoms with Gasteiger partial charge in [-0.15, -0.1) is 15.3 Å². The third kappa shape index (κ3) is 2.18. The largest absolute Gasteiger partial charge is 0.310 e. The summed E-state index contributed by atoms with van der Waals surface area (Å²) in [6.07, 6.45) is 3.72. The van der Waals surface area contributed by atoms with E-state index in [9.17, 15) is 0 Å². The van der Waals surface area contributed by atoms with Crippen molar-refractivity contribution in [3.05, 3.63) is 36.4 Å². The Balaban J connectivity index is 1.70. The number of hydrogen-bond donors (Lipinski definition) is 0. The molecule has 0 amide bonds. The minimum Gasteiger partial charge on any atom is -0.310 e. The Kier molecular flexibility index (Phi) is 2.82. The van der Waals surface area contributed by atoms with Gasteiger partial charge in [0.1, 0.15) is 12.2 Å². The van der Waals surface area contributed by atoms with Crippen molar-refractivity contribution in [2.24, 2.45) is 5.41 Å². The highest BCUT2D eigenvalue weighted by Crippen LogP contribution is 2.33. The van der Waals surface area contributed by atoms with Crippen LogP contribution < -0.4 is 0 Å². The van der Waals surface area contributed by atoms with Gasteiger partial charge in [0, 0.05) is 18.5 Å². The van der Waals surface area contributed by atoms with Crippen molar-refractivity contribution in [3.63, 3.8) is 0 Å². The second kappa shape index (κ2) is 4.72. The normalized spacial score (nSPS) is 16.5. The first kappa shape index (κ1) is 13.1. The molecule has 3 heterocycles. The molecule has 0 aliphatic carbocycles. The van der Waals surface area contributed by atoms with E-state index in [4.69, 9.17) is 0 Å². The van der Waals surface area contributed by atoms with Crippen LogP contribution in [0.2, 0.25) is 0 Å². The van der Waals surface area contributed by atoms with Gasteiger partial charge in [-0.2, -0.15) is 0 Å². The van der Waals surface area contributed by atoms with Crippen molar-refractivity contribution in [3.8, 4) is 17.1 Å². The molecule has 22 heavy (non-hydrogen) atoms. The molecule has 0 saturated carbocycles. The van der Waals surface area contributed by atoms with Crippen molar-refractivity contribution in [2.75, 3.05) is 0 Å². The summed E-state index contributed by atoms with van der Waals surface area (Å²) in [4.78, 5) is 0. The maximum Gasteiger partial charge on any atom is 0.163 e. The Hall–Kier alpha value is -2.57. The van der Waals surface area contributed by atoms with E-state index < -0.39 is 0 Å². The Morgan fingerprint density at radius 1 is 1.09 bits per heavy atom. The van der Waals surface area contributed by atoms with Crippen LogP contribution in [-0.2, 0) is 13.0 Å². The fraction of sp³-hybridized carbons (Fsp3) is 0.400. The fourth-order valence-corrected chi connectivity index (χ4v) is 2.90. The van der Waals surface area contributed by atoms with E-state index in [-0.39, 0.29) is 5.41 Å². The first-order valence-electron chi connectivity index (χ1n) is 7.38. The van der Waals surface area contributed by atoms with Crippen LogP contribution in [0.5, 0.6) is 0 Å². The molecule has 0 saturated heterocycles. The van der Waals surface area contributed by atoms with Gasteiger partial charge in [0.2, 0.25) is 0 Å². The van der Waals surface area contributed by atoms with E-state index in [0.29, 0.717) is 0 Å². The fourth-order valence-electron chi connectivity index (χ4n) is 2.90. The summed E-state index contributed by atoms with van der Waals surface area (Å²) in [5, 5.41) is 19.9. The van der Waals surface area contributed by atoms with Gasteiger partial charge in [0.15, 0.2) is 5.82 Å². The third-order valence-corrected chi connectivity index (χ3v) is 4.18. The molecule has 0 atom stereocenters. The second-order valence-electron chi connectivity index (χ2n) is 6.49. The van der Waals surface area contributed by atoms with Gasteiger partial charge in [-0.25, -0.2) is 4.68 Å². The molecule has 1 aromatic carbocycles. The Morgan fingerprint density at radius 2 is 1.91 bits per heavy atom. The SMILES string of the molecule is CC1(C)CCc2nnc(-c3ccc(-n4cnnn4)cc3)n2C1. The topological polar surface area (TPSA) is 74.3 Å². The predicted molar refractivity (Wildman–Crippen MR) is 80.3 cm³/mol. The molecule has 0 spiro atoms. The smallest absolute Gasteiger partial charge is 0.163 e. The molecule has 0 radical (unpaired) electrons. The standard InChI is InChI=1S/C15H17N7/c1-15(2)8-7-13-17-18-14(21(13)9-15)11-3-5-12(6-4-11)22-10-16-19-20-22/h3-6,10H,7-9H2,1-2H3. The summed E-state index contributed by atoms with van der Waals surface area (Å²) in [5.41, 5.74) is 2.27. The number of hydrogen-bond acceptors (Lipinski definition) is 5. The first-order chi connectivity index (χ1) is 10.6. The van der Waals surface area contributed by atoms with Crippen molar-refractivity contribution < 1.29 is 0 Å². The Bertz CT molecular complexity index is 784. The molecule has 112 valence electrons. The molecular weight excluding hydrogens is 278 g/mol. The van der Waals surface area contributed by atoms with Crippen molar-refractivity contribution in [1.82, 2.24) is 35.0 Å². The molecule has 0 N–H and O–H groups in total. The number of aromatic nitrogens is 7. The van der Waals surface area contributed by atoms with Crippen LogP contribution >= 0.6 is 0 Å². The van der Waals surface area contributed by atoms with Gasteiger partial charge in [-0.05, 0) is 46.5 Å². The Labute approximate surface area is 128 Å². The number of aryl methyl sites for hydroxylation is 1. The van der Waals surface area contributed by atoms with Crippen LogP contribution in [-0.4, -0.2) is 35.0 Å². The maximum absolute atomic E-state index is 4.39. The van der Waals surface area contributed by atoms with E-state index in [1.54, 1.807) is 11.0 Å². The summed E-state index contributed by atoms with van der Waals surface area (Å²) < 4.78 is 3.88. The summed E-state index contributed by atoms with van der Waals surface area (Å²) in [5.74, 6) is 2.02. The molecular formula is C15H17N7. The molecule has 7 nitrogen and oxygen atoms in total. The van der Waals surface area contributed by atoms with Gasteiger partial charge in [0.25, 0.3) is 0 Å². The molecule has 1 aliphatic heterocycles. The molecule has 0 unspecified atom stereocenters. The second-order valence-corrected chi connectivity index (χ2v) is 6.49. The monoisotopic (exact) mass is 295 g/mol. The van der Waals surface area contributed by atoms with Crippen molar-refractivity contribution in [2.45, 2.75) is 33.2 Å². The zero-order valence-corrected chi connectivity index (χ0v) is 12.6. The molecule has 2 aromatic heterocycles. The minimum atomic E-state index is 0.288. The number of tetrazole rings is 1. The van der Waals surface area contributed by atoms with Crippen molar-refractivity contribution in [1.29, 1.82) is 0 Å². The summed E-state index contributed by atoms with van der Waals surface area (Å²) in [6.45, 7) is 5.54. The molecule has 0 bridgehead atoms. The third-order valence-electron chi connectivity index (χ3n) is 4.18. The quantitative estimate of drug-likeness (QED) is 0.722. The van der Waals surface area contributed by atoms with E-state index in [0.717, 1.165) is 42.3 Å². The number of rotatable bonds is 2. The van der Waals surface area contributed by atoms with Gasteiger partial charge < -0.3 is 4.57 Å². The summed E-state index contributed by atoms with van der Waals surface area (Å²) >= 11 is 0. The van der Waals surface area contributed by atoms with Crippen LogP contribution in [0.15, 0.2) is 30.6 Å². The van der Waals surface area contributed by atoms with Crippen LogP contribution in [0.25, 0.3) is 17.1 Å². The highest BCUT2D eigenvalue weighted by atomic mass is 15.5. The average molecular weight is 295 g/mol. The van der Waals surface area contributed by atoms with Crippen LogP contribution in [0.4, 0.5) is 0 Å². The summed E-state index contributed by atoms with van der Waals surface area (Å²) in [7, 11) is 0. The maximum atomic E-state index is 4.39. The predicted octanol–water partition coefficient (Wildman–Crippen LogP) is 1.89. The zero-order valence-electron chi connectivity index (χ0n) is 12.6. The molecule has 4 rings (SSSR count). The lowest BCUT2D eigenvalue weighted by Crippen LogP contribution is -2.27. The number of nitrogens with zero attached hydrogens (tertiary/aromatic N) is 7. The average Bonchev–Trinajstić information content (AvgIpc) is 3.15. The Morgan fingerprint density at radius 3 is 2.64 bits per heavy atom. The van der Waals surface area contributed by atoms with Crippen LogP contribution in [0, 0.1) is 5.41 Å². The van der Waals surface area contributed by atoms with Crippen LogP contribution in [0.1, 0.15) is 26.1 Å². The number of benzene rings is 1. The van der Waals surface area contributed by atoms with E-state index in [1.807, 2.05) is 24.3 Å². The highest BCUT2D eigenvalue weighted by molar-refractivity contribution is 5.57. The molecule has 3 aromatic rings. The first-order valence-corrected chi connectivity index (χ1v) is 7.38. The highest BCUT2D eigenvalue weighted by Gasteiger charge is 2.28. The van der Waals surface area contributed by atoms with E-state index >= 15 is 0 Å². The molecule has 0 fully saturated rings. The zero-order chi connectivity index (χ0) is 15.2. The minimum absolute atomic E-state index is 0.288. The van der Waals surface area contributed by atoms with Gasteiger partial charge in [-0.1, -0.05) is 13.8 Å². The van der Waals surface area contributed by atoms with Crippen LogP contribution in [0.3, 0.4) is 0 Å². The van der Waals surface area contributed by atoms with Gasteiger partial charge in [-0.3, -0.25) is 0 Å². The number of fused-ring (bicyclic) bond motifs is 1. The van der Waals surface area contributed by atoms with Crippen molar-refractivity contribution >= 4 is 0 Å². The molecule has 1 aliphatic rings. The lowest BCUT2D eigenvalue weighted by Gasteiger charge is -2.30. The summed E-state index contributed by atoms with van der Waals surface area (Å²) in [6, 6.07) is 8.05. The van der Waals surface area contributed by atoms with Gasteiger partial charge in [0.05, 0.1) is 5.69 Å². The van der Waals surface area contributed by atoms with E-state index in [2.05, 4.69) is 44.1 Å². The lowest BCUT2D eigenvalue weighted by molar-refractivity contribution is 0.248. The molecule has 7 heteroatoms. The van der Waals surface area contributed by atoms with E-state index in [1.165, 1.54) is 0 Å². The lowest BCUT2D eigenvalue weighted by atomic mass is 9.85.